The van der Waals surface area contributed by atoms with Crippen LogP contribution < -0.4 is 24.8 Å². The van der Waals surface area contributed by atoms with Gasteiger partial charge in [-0.05, 0) is 48.9 Å². The molecule has 0 saturated heterocycles. The lowest BCUT2D eigenvalue weighted by molar-refractivity contribution is -0.122. The highest BCUT2D eigenvalue weighted by molar-refractivity contribution is 5.97. The van der Waals surface area contributed by atoms with Gasteiger partial charge in [-0.1, -0.05) is 6.07 Å². The number of ether oxygens (including phenoxy) is 3. The molecule has 7 nitrogen and oxygen atoms in total. The molecule has 1 aliphatic heterocycles. The minimum absolute atomic E-state index is 0.208. The van der Waals surface area contributed by atoms with Crippen LogP contribution in [0, 0.1) is 0 Å². The van der Waals surface area contributed by atoms with E-state index in [-0.39, 0.29) is 18.6 Å². The van der Waals surface area contributed by atoms with Crippen molar-refractivity contribution >= 4 is 11.8 Å². The van der Waals surface area contributed by atoms with E-state index in [4.69, 9.17) is 14.2 Å². The molecule has 0 radical (unpaired) electrons. The number of carbonyl (C=O) groups is 2. The second-order valence-corrected chi connectivity index (χ2v) is 5.83. The summed E-state index contributed by atoms with van der Waals surface area (Å²) in [7, 11) is 1.56. The maximum absolute atomic E-state index is 12.2. The van der Waals surface area contributed by atoms with E-state index >= 15 is 0 Å². The molecule has 0 fully saturated rings. The average Bonchev–Trinajstić information content (AvgIpc) is 3.13. The van der Waals surface area contributed by atoms with Crippen molar-refractivity contribution in [2.24, 2.45) is 0 Å². The normalized spacial score (nSPS) is 13.0. The summed E-state index contributed by atoms with van der Waals surface area (Å²) in [4.78, 5) is 24.4. The van der Waals surface area contributed by atoms with Gasteiger partial charge in [0.15, 0.2) is 11.5 Å². The molecule has 1 atom stereocenters. The number of benzene rings is 2. The van der Waals surface area contributed by atoms with Crippen LogP contribution in [0.1, 0.15) is 22.8 Å². The molecule has 0 unspecified atom stereocenters. The van der Waals surface area contributed by atoms with Crippen molar-refractivity contribution < 1.29 is 23.8 Å². The molecule has 2 aromatic rings. The molecule has 0 saturated carbocycles. The van der Waals surface area contributed by atoms with Crippen molar-refractivity contribution in [3.05, 3.63) is 53.6 Å². The van der Waals surface area contributed by atoms with Gasteiger partial charge in [0.1, 0.15) is 11.8 Å². The van der Waals surface area contributed by atoms with Gasteiger partial charge in [0.2, 0.25) is 12.7 Å². The van der Waals surface area contributed by atoms with Crippen LogP contribution in [-0.2, 0) is 11.3 Å². The monoisotopic (exact) mass is 356 g/mol. The van der Waals surface area contributed by atoms with Crippen LogP contribution in [-0.4, -0.2) is 31.8 Å². The minimum atomic E-state index is -0.668. The zero-order chi connectivity index (χ0) is 18.5. The molecule has 0 spiro atoms. The zero-order valence-corrected chi connectivity index (χ0v) is 14.6. The van der Waals surface area contributed by atoms with Crippen LogP contribution in [0.2, 0.25) is 0 Å². The topological polar surface area (TPSA) is 85.9 Å². The fourth-order valence-corrected chi connectivity index (χ4v) is 2.48. The Morgan fingerprint density at radius 1 is 1.12 bits per heavy atom. The van der Waals surface area contributed by atoms with Gasteiger partial charge < -0.3 is 24.8 Å². The highest BCUT2D eigenvalue weighted by Gasteiger charge is 2.17. The summed E-state index contributed by atoms with van der Waals surface area (Å²) in [6.45, 7) is 2.17. The summed E-state index contributed by atoms with van der Waals surface area (Å²) in [5.74, 6) is 1.43. The number of rotatable bonds is 6. The summed E-state index contributed by atoms with van der Waals surface area (Å²) >= 11 is 0. The van der Waals surface area contributed by atoms with Gasteiger partial charge in [0, 0.05) is 12.1 Å². The number of fused-ring (bicyclic) bond motifs is 1. The predicted molar refractivity (Wildman–Crippen MR) is 94.3 cm³/mol. The van der Waals surface area contributed by atoms with Crippen LogP contribution in [0.15, 0.2) is 42.5 Å². The third kappa shape index (κ3) is 4.05. The maximum atomic E-state index is 12.2. The van der Waals surface area contributed by atoms with Gasteiger partial charge in [-0.15, -0.1) is 0 Å². The van der Waals surface area contributed by atoms with Gasteiger partial charge >= 0.3 is 0 Å². The fourth-order valence-electron chi connectivity index (χ4n) is 2.48. The van der Waals surface area contributed by atoms with Crippen molar-refractivity contribution in [2.75, 3.05) is 13.9 Å². The molecule has 2 amide bonds. The molecule has 0 aromatic heterocycles. The second-order valence-electron chi connectivity index (χ2n) is 5.83. The van der Waals surface area contributed by atoms with Crippen molar-refractivity contribution in [1.29, 1.82) is 0 Å². The number of methoxy groups -OCH3 is 1. The standard InChI is InChI=1S/C19H20N2O5/c1-12(21-19(23)14-4-6-15(24-2)7-5-14)18(22)20-10-13-3-8-16-17(9-13)26-11-25-16/h3-9,12H,10-11H2,1-2H3,(H,20,22)(H,21,23)/t12-/m0/s1. The van der Waals surface area contributed by atoms with Crippen LogP contribution in [0.5, 0.6) is 17.2 Å². The lowest BCUT2D eigenvalue weighted by Gasteiger charge is -2.14. The van der Waals surface area contributed by atoms with E-state index in [9.17, 15) is 9.59 Å². The lowest BCUT2D eigenvalue weighted by atomic mass is 10.1. The molecule has 2 N–H and O–H groups in total. The average molecular weight is 356 g/mol. The Hall–Kier alpha value is -3.22. The molecule has 26 heavy (non-hydrogen) atoms. The first kappa shape index (κ1) is 17.6. The van der Waals surface area contributed by atoms with Crippen molar-refractivity contribution in [3.63, 3.8) is 0 Å². The Bertz CT molecular complexity index is 804. The third-order valence-corrected chi connectivity index (χ3v) is 4.00. The molecule has 7 heteroatoms. The maximum Gasteiger partial charge on any atom is 0.251 e. The fraction of sp³-hybridized carbons (Fsp3) is 0.263. The van der Waals surface area contributed by atoms with Crippen LogP contribution in [0.25, 0.3) is 0 Å². The van der Waals surface area contributed by atoms with Gasteiger partial charge in [-0.25, -0.2) is 0 Å². The Balaban J connectivity index is 1.51. The Morgan fingerprint density at radius 3 is 2.58 bits per heavy atom. The number of nitrogens with one attached hydrogen (secondary N) is 2. The van der Waals surface area contributed by atoms with Crippen molar-refractivity contribution in [1.82, 2.24) is 10.6 Å². The first-order valence-corrected chi connectivity index (χ1v) is 8.18. The molecule has 136 valence electrons. The SMILES string of the molecule is COc1ccc(C(=O)N[C@@H](C)C(=O)NCc2ccc3c(c2)OCO3)cc1. The highest BCUT2D eigenvalue weighted by atomic mass is 16.7. The third-order valence-electron chi connectivity index (χ3n) is 4.00. The first-order valence-electron chi connectivity index (χ1n) is 8.18. The molecule has 3 rings (SSSR count). The number of carbonyl (C=O) groups excluding carboxylic acids is 2. The minimum Gasteiger partial charge on any atom is -0.497 e. The molecule has 0 aliphatic carbocycles. The van der Waals surface area contributed by atoms with Crippen molar-refractivity contribution in [2.45, 2.75) is 19.5 Å². The van der Waals surface area contributed by atoms with E-state index < -0.39 is 6.04 Å². The molecule has 0 bridgehead atoms. The molecular formula is C19H20N2O5. The Morgan fingerprint density at radius 2 is 1.85 bits per heavy atom. The number of hydrogen-bond acceptors (Lipinski definition) is 5. The number of hydrogen-bond donors (Lipinski definition) is 2. The van der Waals surface area contributed by atoms with E-state index in [0.29, 0.717) is 29.4 Å². The highest BCUT2D eigenvalue weighted by Crippen LogP contribution is 2.32. The van der Waals surface area contributed by atoms with Crippen LogP contribution in [0.4, 0.5) is 0 Å². The van der Waals surface area contributed by atoms with E-state index in [1.165, 1.54) is 0 Å². The largest absolute Gasteiger partial charge is 0.497 e. The molecule has 1 aliphatic rings. The number of amides is 2. The zero-order valence-electron chi connectivity index (χ0n) is 14.6. The second kappa shape index (κ2) is 7.77. The summed E-state index contributed by atoms with van der Waals surface area (Å²) in [6, 6.07) is 11.5. The van der Waals surface area contributed by atoms with E-state index in [2.05, 4.69) is 10.6 Å². The summed E-state index contributed by atoms with van der Waals surface area (Å²) in [5, 5.41) is 5.47. The molecule has 1 heterocycles. The molecule has 2 aromatic carbocycles. The Labute approximate surface area is 151 Å². The van der Waals surface area contributed by atoms with Crippen LogP contribution >= 0.6 is 0 Å². The quantitative estimate of drug-likeness (QED) is 0.825. The first-order chi connectivity index (χ1) is 12.6. The summed E-state index contributed by atoms with van der Waals surface area (Å²) in [6.07, 6.45) is 0. The van der Waals surface area contributed by atoms with E-state index in [1.54, 1.807) is 44.4 Å². The van der Waals surface area contributed by atoms with E-state index in [0.717, 1.165) is 5.56 Å². The van der Waals surface area contributed by atoms with Gasteiger partial charge in [0.05, 0.1) is 7.11 Å². The summed E-state index contributed by atoms with van der Waals surface area (Å²) < 4.78 is 15.6. The van der Waals surface area contributed by atoms with E-state index in [1.807, 2.05) is 12.1 Å². The molecular weight excluding hydrogens is 336 g/mol. The van der Waals surface area contributed by atoms with Gasteiger partial charge in [-0.3, -0.25) is 9.59 Å². The van der Waals surface area contributed by atoms with Crippen molar-refractivity contribution in [3.8, 4) is 17.2 Å². The lowest BCUT2D eigenvalue weighted by Crippen LogP contribution is -2.44. The van der Waals surface area contributed by atoms with Gasteiger partial charge in [0.25, 0.3) is 5.91 Å². The summed E-state index contributed by atoms with van der Waals surface area (Å²) in [5.41, 5.74) is 1.34. The van der Waals surface area contributed by atoms with Gasteiger partial charge in [-0.2, -0.15) is 0 Å². The predicted octanol–water partition coefficient (Wildman–Crippen LogP) is 1.86. The van der Waals surface area contributed by atoms with Crippen LogP contribution in [0.3, 0.4) is 0 Å². The Kier molecular flexibility index (Phi) is 5.26. The smallest absolute Gasteiger partial charge is 0.251 e.